The first kappa shape index (κ1) is 20.1. The Labute approximate surface area is 131 Å². The Morgan fingerprint density at radius 2 is 1.52 bits per heavy atom. The van der Waals surface area contributed by atoms with Crippen molar-refractivity contribution in [2.45, 2.75) is 92.0 Å². The molecule has 0 saturated carbocycles. The van der Waals surface area contributed by atoms with Gasteiger partial charge in [0.15, 0.2) is 5.78 Å². The van der Waals surface area contributed by atoms with Gasteiger partial charge in [0.25, 0.3) is 0 Å². The Bertz CT molecular complexity index is 294. The monoisotopic (exact) mass is 297 g/mol. The maximum Gasteiger partial charge on any atom is 0.223 e. The molecule has 0 aliphatic heterocycles. The van der Waals surface area contributed by atoms with Gasteiger partial charge in [0.2, 0.25) is 5.91 Å². The highest BCUT2D eigenvalue weighted by Crippen LogP contribution is 2.18. The van der Waals surface area contributed by atoms with Crippen LogP contribution in [-0.2, 0) is 9.59 Å². The third kappa shape index (κ3) is 8.90. The first-order valence-corrected chi connectivity index (χ1v) is 8.76. The van der Waals surface area contributed by atoms with E-state index in [1.165, 1.54) is 0 Å². The fourth-order valence-corrected chi connectivity index (χ4v) is 2.49. The van der Waals surface area contributed by atoms with Crippen molar-refractivity contribution in [2.24, 2.45) is 11.8 Å². The summed E-state index contributed by atoms with van der Waals surface area (Å²) in [4.78, 5) is 24.2. The molecule has 2 atom stereocenters. The van der Waals surface area contributed by atoms with Gasteiger partial charge >= 0.3 is 0 Å². The van der Waals surface area contributed by atoms with Crippen LogP contribution in [0.4, 0.5) is 0 Å². The molecule has 0 bridgehead atoms. The lowest BCUT2D eigenvalue weighted by molar-refractivity contribution is -0.130. The van der Waals surface area contributed by atoms with Gasteiger partial charge < -0.3 is 5.32 Å². The molecule has 0 aromatic rings. The van der Waals surface area contributed by atoms with E-state index in [1.807, 2.05) is 0 Å². The number of hydrogen-bond donors (Lipinski definition) is 1. The van der Waals surface area contributed by atoms with Crippen LogP contribution in [-0.4, -0.2) is 17.7 Å². The predicted molar refractivity (Wildman–Crippen MR) is 89.2 cm³/mol. The molecule has 0 aromatic heterocycles. The zero-order valence-corrected chi connectivity index (χ0v) is 14.7. The summed E-state index contributed by atoms with van der Waals surface area (Å²) in [5, 5.41) is 3.01. The second kappa shape index (κ2) is 11.8. The van der Waals surface area contributed by atoms with Crippen molar-refractivity contribution >= 4 is 11.7 Å². The summed E-state index contributed by atoms with van der Waals surface area (Å²) in [6.07, 6.45) is 8.06. The van der Waals surface area contributed by atoms with Crippen LogP contribution in [0.3, 0.4) is 0 Å². The Hall–Kier alpha value is -0.860. The summed E-state index contributed by atoms with van der Waals surface area (Å²) >= 11 is 0. The van der Waals surface area contributed by atoms with Crippen molar-refractivity contribution in [1.29, 1.82) is 0 Å². The molecule has 0 aliphatic carbocycles. The molecule has 1 amide bonds. The number of rotatable bonds is 12. The van der Waals surface area contributed by atoms with Gasteiger partial charge in [-0.05, 0) is 32.1 Å². The van der Waals surface area contributed by atoms with Gasteiger partial charge in [0.1, 0.15) is 0 Å². The Balaban J connectivity index is 4.60. The molecule has 0 heterocycles. The van der Waals surface area contributed by atoms with Crippen molar-refractivity contribution in [3.63, 3.8) is 0 Å². The lowest BCUT2D eigenvalue weighted by Crippen LogP contribution is -2.43. The first-order valence-electron chi connectivity index (χ1n) is 8.76. The Morgan fingerprint density at radius 3 is 1.90 bits per heavy atom. The summed E-state index contributed by atoms with van der Waals surface area (Å²) in [5.74, 6) is 0.696. The van der Waals surface area contributed by atoms with E-state index in [0.717, 1.165) is 51.4 Å². The minimum Gasteiger partial charge on any atom is -0.346 e. The maximum atomic E-state index is 12.5. The minimum absolute atomic E-state index is 0.0729. The van der Waals surface area contributed by atoms with Gasteiger partial charge in [-0.1, -0.05) is 59.8 Å². The van der Waals surface area contributed by atoms with Crippen LogP contribution in [0.2, 0.25) is 0 Å². The second-order valence-corrected chi connectivity index (χ2v) is 6.40. The van der Waals surface area contributed by atoms with Crippen LogP contribution in [0, 0.1) is 11.8 Å². The molecular formula is C18H35NO2. The van der Waals surface area contributed by atoms with Crippen LogP contribution < -0.4 is 5.32 Å². The molecule has 0 saturated heterocycles. The fourth-order valence-electron chi connectivity index (χ4n) is 2.49. The second-order valence-electron chi connectivity index (χ2n) is 6.40. The van der Waals surface area contributed by atoms with E-state index < -0.39 is 0 Å². The van der Waals surface area contributed by atoms with Crippen LogP contribution in [0.5, 0.6) is 0 Å². The van der Waals surface area contributed by atoms with E-state index in [-0.39, 0.29) is 23.7 Å². The maximum absolute atomic E-state index is 12.5. The summed E-state index contributed by atoms with van der Waals surface area (Å²) in [5.41, 5.74) is 0. The normalized spacial score (nSPS) is 14.0. The van der Waals surface area contributed by atoms with E-state index in [1.54, 1.807) is 6.92 Å². The van der Waals surface area contributed by atoms with Gasteiger partial charge in [-0.3, -0.25) is 9.59 Å². The molecule has 0 rings (SSSR count). The van der Waals surface area contributed by atoms with Crippen LogP contribution in [0.15, 0.2) is 0 Å². The van der Waals surface area contributed by atoms with Gasteiger partial charge in [-0.25, -0.2) is 0 Å². The minimum atomic E-state index is -0.307. The van der Waals surface area contributed by atoms with Gasteiger partial charge in [-0.15, -0.1) is 0 Å². The molecular weight excluding hydrogens is 262 g/mol. The Kier molecular flexibility index (Phi) is 11.3. The topological polar surface area (TPSA) is 46.2 Å². The van der Waals surface area contributed by atoms with E-state index in [0.29, 0.717) is 5.92 Å². The standard InChI is InChI=1S/C18H35NO2/c1-6-9-11-16(12-10-7-2)18(21)19-17(15(5)20)13-14(4)8-3/h14,16-17H,6-13H2,1-5H3,(H,19,21). The highest BCUT2D eigenvalue weighted by Gasteiger charge is 2.24. The third-order valence-electron chi connectivity index (χ3n) is 4.33. The molecule has 0 fully saturated rings. The first-order chi connectivity index (χ1) is 9.96. The highest BCUT2D eigenvalue weighted by molar-refractivity contribution is 5.88. The number of carbonyl (C=O) groups is 2. The van der Waals surface area contributed by atoms with E-state index in [9.17, 15) is 9.59 Å². The highest BCUT2D eigenvalue weighted by atomic mass is 16.2. The molecule has 0 radical (unpaired) electrons. The number of hydrogen-bond acceptors (Lipinski definition) is 2. The average Bonchev–Trinajstić information content (AvgIpc) is 2.46. The van der Waals surface area contributed by atoms with Crippen molar-refractivity contribution in [2.75, 3.05) is 0 Å². The summed E-state index contributed by atoms with van der Waals surface area (Å²) < 4.78 is 0. The fraction of sp³-hybridized carbons (Fsp3) is 0.889. The Morgan fingerprint density at radius 1 is 1.00 bits per heavy atom. The quantitative estimate of drug-likeness (QED) is 0.577. The number of nitrogens with one attached hydrogen (secondary N) is 1. The lowest BCUT2D eigenvalue weighted by Gasteiger charge is -2.23. The molecule has 3 nitrogen and oxygen atoms in total. The summed E-state index contributed by atoms with van der Waals surface area (Å²) in [7, 11) is 0. The van der Waals surface area contributed by atoms with Gasteiger partial charge in [-0.2, -0.15) is 0 Å². The molecule has 0 spiro atoms. The molecule has 1 N–H and O–H groups in total. The van der Waals surface area contributed by atoms with Crippen molar-refractivity contribution in [1.82, 2.24) is 5.32 Å². The van der Waals surface area contributed by atoms with Gasteiger partial charge in [0, 0.05) is 5.92 Å². The average molecular weight is 297 g/mol. The SMILES string of the molecule is CCCCC(CCCC)C(=O)NC(CC(C)CC)C(C)=O. The molecule has 0 aromatic carbocycles. The van der Waals surface area contributed by atoms with Crippen LogP contribution in [0.25, 0.3) is 0 Å². The number of Topliss-reactive ketones (excluding diaryl/α,β-unsaturated/α-hetero) is 1. The summed E-state index contributed by atoms with van der Waals surface area (Å²) in [6, 6.07) is -0.307. The zero-order chi connectivity index (χ0) is 16.3. The smallest absolute Gasteiger partial charge is 0.223 e. The predicted octanol–water partition coefficient (Wildman–Crippen LogP) is 4.49. The van der Waals surface area contributed by atoms with E-state index in [2.05, 4.69) is 33.0 Å². The molecule has 3 heteroatoms. The summed E-state index contributed by atoms with van der Waals surface area (Å²) in [6.45, 7) is 10.1. The molecule has 21 heavy (non-hydrogen) atoms. The van der Waals surface area contributed by atoms with Gasteiger partial charge in [0.05, 0.1) is 6.04 Å². The van der Waals surface area contributed by atoms with E-state index >= 15 is 0 Å². The number of carbonyl (C=O) groups excluding carboxylic acids is 2. The van der Waals surface area contributed by atoms with Crippen LogP contribution >= 0.6 is 0 Å². The number of ketones is 1. The lowest BCUT2D eigenvalue weighted by atomic mass is 9.93. The third-order valence-corrected chi connectivity index (χ3v) is 4.33. The van der Waals surface area contributed by atoms with Crippen molar-refractivity contribution in [3.05, 3.63) is 0 Å². The van der Waals surface area contributed by atoms with Crippen LogP contribution in [0.1, 0.15) is 86.0 Å². The molecule has 124 valence electrons. The number of amides is 1. The zero-order valence-electron chi connectivity index (χ0n) is 14.7. The molecule has 2 unspecified atom stereocenters. The van der Waals surface area contributed by atoms with Crippen molar-refractivity contribution in [3.8, 4) is 0 Å². The number of unbranched alkanes of at least 4 members (excludes halogenated alkanes) is 2. The molecule has 0 aliphatic rings. The van der Waals surface area contributed by atoms with Crippen molar-refractivity contribution < 1.29 is 9.59 Å². The van der Waals surface area contributed by atoms with E-state index in [4.69, 9.17) is 0 Å². The largest absolute Gasteiger partial charge is 0.346 e.